The molecule has 1 rings (SSSR count). The van der Waals surface area contributed by atoms with Gasteiger partial charge < -0.3 is 5.73 Å². The first-order valence-corrected chi connectivity index (χ1v) is 5.53. The highest BCUT2D eigenvalue weighted by atomic mass is 14.7. The molecule has 13 heavy (non-hydrogen) atoms. The van der Waals surface area contributed by atoms with Gasteiger partial charge in [-0.3, -0.25) is 0 Å². The van der Waals surface area contributed by atoms with Crippen LogP contribution in [0.5, 0.6) is 0 Å². The Morgan fingerprint density at radius 2 is 1.92 bits per heavy atom. The van der Waals surface area contributed by atoms with Crippen molar-refractivity contribution in [1.29, 1.82) is 0 Å². The first-order chi connectivity index (χ1) is 6.13. The number of hydrogen-bond donors (Lipinski definition) is 1. The maximum Gasteiger partial charge on any atom is 0.00985 e. The molecule has 2 N–H and O–H groups in total. The molecule has 0 spiro atoms. The van der Waals surface area contributed by atoms with E-state index in [0.717, 1.165) is 5.92 Å². The summed E-state index contributed by atoms with van der Waals surface area (Å²) in [6.45, 7) is 6.82. The van der Waals surface area contributed by atoms with E-state index in [1.54, 1.807) is 0 Å². The van der Waals surface area contributed by atoms with Crippen LogP contribution in [-0.4, -0.2) is 6.04 Å². The van der Waals surface area contributed by atoms with E-state index in [2.05, 4.69) is 32.9 Å². The van der Waals surface area contributed by atoms with E-state index in [-0.39, 0.29) is 0 Å². The first kappa shape index (κ1) is 10.8. The Hall–Kier alpha value is -0.300. The maximum absolute atomic E-state index is 6.26. The molecular formula is C12H23N. The summed E-state index contributed by atoms with van der Waals surface area (Å²) in [5.74, 6) is 2.08. The van der Waals surface area contributed by atoms with Gasteiger partial charge in [0.25, 0.3) is 0 Å². The Kier molecular flexibility index (Phi) is 3.98. The standard InChI is InChI=1S/C12H23N/c1-9(2)10(3)12(13)11-7-5-4-6-8-11/h4-5,9-12H,6-8,13H2,1-3H3/t10-,11?,12?/m0/s1. The molecule has 0 fully saturated rings. The van der Waals surface area contributed by atoms with Crippen LogP contribution in [0.4, 0.5) is 0 Å². The van der Waals surface area contributed by atoms with E-state index in [1.807, 2.05) is 0 Å². The SMILES string of the molecule is CC(C)[C@H](C)C(N)C1CC=CCC1. The molecule has 0 heterocycles. The lowest BCUT2D eigenvalue weighted by Crippen LogP contribution is -2.38. The monoisotopic (exact) mass is 181 g/mol. The van der Waals surface area contributed by atoms with Crippen molar-refractivity contribution in [3.05, 3.63) is 12.2 Å². The molecule has 1 aliphatic rings. The van der Waals surface area contributed by atoms with Crippen LogP contribution in [0.25, 0.3) is 0 Å². The van der Waals surface area contributed by atoms with Crippen LogP contribution in [-0.2, 0) is 0 Å². The van der Waals surface area contributed by atoms with Gasteiger partial charge in [-0.2, -0.15) is 0 Å². The van der Waals surface area contributed by atoms with Gasteiger partial charge in [0.05, 0.1) is 0 Å². The third-order valence-corrected chi connectivity index (χ3v) is 3.51. The fourth-order valence-electron chi connectivity index (χ4n) is 2.04. The van der Waals surface area contributed by atoms with Crippen LogP contribution in [0.3, 0.4) is 0 Å². The third-order valence-electron chi connectivity index (χ3n) is 3.51. The van der Waals surface area contributed by atoms with Crippen molar-refractivity contribution >= 4 is 0 Å². The predicted octanol–water partition coefficient (Wildman–Crippen LogP) is 2.96. The minimum Gasteiger partial charge on any atom is -0.327 e. The zero-order valence-corrected chi connectivity index (χ0v) is 9.16. The smallest absolute Gasteiger partial charge is 0.00985 e. The molecule has 76 valence electrons. The summed E-state index contributed by atoms with van der Waals surface area (Å²) in [5, 5.41) is 0. The molecule has 0 aliphatic heterocycles. The Morgan fingerprint density at radius 3 is 2.38 bits per heavy atom. The molecular weight excluding hydrogens is 158 g/mol. The van der Waals surface area contributed by atoms with E-state index in [9.17, 15) is 0 Å². The number of rotatable bonds is 3. The van der Waals surface area contributed by atoms with Crippen LogP contribution in [0, 0.1) is 17.8 Å². The molecule has 0 aromatic carbocycles. The molecule has 3 atom stereocenters. The van der Waals surface area contributed by atoms with Crippen molar-refractivity contribution in [3.63, 3.8) is 0 Å². The summed E-state index contributed by atoms with van der Waals surface area (Å²) < 4.78 is 0. The highest BCUT2D eigenvalue weighted by Crippen LogP contribution is 2.27. The molecule has 0 bridgehead atoms. The maximum atomic E-state index is 6.26. The predicted molar refractivity (Wildman–Crippen MR) is 58.5 cm³/mol. The van der Waals surface area contributed by atoms with E-state index >= 15 is 0 Å². The van der Waals surface area contributed by atoms with E-state index in [4.69, 9.17) is 5.73 Å². The number of hydrogen-bond acceptors (Lipinski definition) is 1. The Bertz CT molecular complexity index is 172. The highest BCUT2D eigenvalue weighted by molar-refractivity contribution is 4.94. The third kappa shape index (κ3) is 2.84. The summed E-state index contributed by atoms with van der Waals surface area (Å²) in [7, 11) is 0. The quantitative estimate of drug-likeness (QED) is 0.666. The van der Waals surface area contributed by atoms with Gasteiger partial charge >= 0.3 is 0 Å². The second-order valence-electron chi connectivity index (χ2n) is 4.73. The van der Waals surface area contributed by atoms with Crippen molar-refractivity contribution in [2.24, 2.45) is 23.5 Å². The summed E-state index contributed by atoms with van der Waals surface area (Å²) >= 11 is 0. The fraction of sp³-hybridized carbons (Fsp3) is 0.833. The summed E-state index contributed by atoms with van der Waals surface area (Å²) in [6.07, 6.45) is 8.28. The second-order valence-corrected chi connectivity index (χ2v) is 4.73. The molecule has 1 nitrogen and oxygen atoms in total. The lowest BCUT2D eigenvalue weighted by molar-refractivity contribution is 0.254. The molecule has 0 radical (unpaired) electrons. The molecule has 0 saturated carbocycles. The van der Waals surface area contributed by atoms with Gasteiger partial charge in [-0.25, -0.2) is 0 Å². The largest absolute Gasteiger partial charge is 0.327 e. The van der Waals surface area contributed by atoms with E-state index in [0.29, 0.717) is 17.9 Å². The molecule has 0 aromatic heterocycles. The van der Waals surface area contributed by atoms with Gasteiger partial charge in [0.15, 0.2) is 0 Å². The Morgan fingerprint density at radius 1 is 1.23 bits per heavy atom. The van der Waals surface area contributed by atoms with Gasteiger partial charge in [-0.1, -0.05) is 32.9 Å². The van der Waals surface area contributed by atoms with E-state index in [1.165, 1.54) is 19.3 Å². The van der Waals surface area contributed by atoms with Gasteiger partial charge in [-0.05, 0) is 37.0 Å². The molecule has 2 unspecified atom stereocenters. The van der Waals surface area contributed by atoms with Crippen LogP contribution in [0.2, 0.25) is 0 Å². The lowest BCUT2D eigenvalue weighted by Gasteiger charge is -2.31. The van der Waals surface area contributed by atoms with Crippen molar-refractivity contribution in [2.75, 3.05) is 0 Å². The van der Waals surface area contributed by atoms with Gasteiger partial charge in [-0.15, -0.1) is 0 Å². The minimum absolute atomic E-state index is 0.393. The van der Waals surface area contributed by atoms with Crippen molar-refractivity contribution < 1.29 is 0 Å². The van der Waals surface area contributed by atoms with Crippen LogP contribution >= 0.6 is 0 Å². The van der Waals surface area contributed by atoms with Gasteiger partial charge in [0, 0.05) is 6.04 Å². The first-order valence-electron chi connectivity index (χ1n) is 5.53. The van der Waals surface area contributed by atoms with Crippen LogP contribution < -0.4 is 5.73 Å². The van der Waals surface area contributed by atoms with Gasteiger partial charge in [0.1, 0.15) is 0 Å². The average molecular weight is 181 g/mol. The zero-order valence-electron chi connectivity index (χ0n) is 9.16. The zero-order chi connectivity index (χ0) is 9.84. The molecule has 0 amide bonds. The van der Waals surface area contributed by atoms with Crippen molar-refractivity contribution in [2.45, 2.75) is 46.1 Å². The van der Waals surface area contributed by atoms with Crippen molar-refractivity contribution in [3.8, 4) is 0 Å². The second kappa shape index (κ2) is 4.80. The summed E-state index contributed by atoms with van der Waals surface area (Å²) in [5.41, 5.74) is 6.26. The average Bonchev–Trinajstić information content (AvgIpc) is 2.17. The number of nitrogens with two attached hydrogens (primary N) is 1. The normalized spacial score (nSPS) is 27.6. The Balaban J connectivity index is 2.46. The summed E-state index contributed by atoms with van der Waals surface area (Å²) in [6, 6.07) is 0.393. The molecule has 0 aromatic rings. The molecule has 0 saturated heterocycles. The van der Waals surface area contributed by atoms with E-state index < -0.39 is 0 Å². The summed E-state index contributed by atoms with van der Waals surface area (Å²) in [4.78, 5) is 0. The molecule has 1 aliphatic carbocycles. The minimum atomic E-state index is 0.393. The van der Waals surface area contributed by atoms with Crippen LogP contribution in [0.1, 0.15) is 40.0 Å². The lowest BCUT2D eigenvalue weighted by atomic mass is 9.78. The Labute approximate surface area is 82.4 Å². The number of allylic oxidation sites excluding steroid dienone is 2. The van der Waals surface area contributed by atoms with Gasteiger partial charge in [0.2, 0.25) is 0 Å². The van der Waals surface area contributed by atoms with Crippen LogP contribution in [0.15, 0.2) is 12.2 Å². The highest BCUT2D eigenvalue weighted by Gasteiger charge is 2.24. The van der Waals surface area contributed by atoms with Crippen molar-refractivity contribution in [1.82, 2.24) is 0 Å². The topological polar surface area (TPSA) is 26.0 Å². The molecule has 1 heteroatoms. The fourth-order valence-corrected chi connectivity index (χ4v) is 2.04.